The van der Waals surface area contributed by atoms with Gasteiger partial charge in [-0.1, -0.05) is 12.1 Å². The van der Waals surface area contributed by atoms with Crippen LogP contribution >= 0.6 is 0 Å². The summed E-state index contributed by atoms with van der Waals surface area (Å²) in [5, 5.41) is 11.1. The second kappa shape index (κ2) is 9.39. The van der Waals surface area contributed by atoms with E-state index in [0.717, 1.165) is 5.69 Å². The SMILES string of the molecule is CC(C)Oc1ccc(N2C(=O)C(=O)/C(=C(\O)c3ccncc3)C2c2ccc(N(C)C)cc2)cc1. The molecule has 174 valence electrons. The van der Waals surface area contributed by atoms with Crippen molar-refractivity contribution in [3.05, 3.63) is 89.8 Å². The van der Waals surface area contributed by atoms with E-state index >= 15 is 0 Å². The minimum Gasteiger partial charge on any atom is -0.507 e. The first kappa shape index (κ1) is 23.0. The Hall–Kier alpha value is -4.13. The summed E-state index contributed by atoms with van der Waals surface area (Å²) in [6.07, 6.45) is 3.06. The summed E-state index contributed by atoms with van der Waals surface area (Å²) < 4.78 is 5.71. The van der Waals surface area contributed by atoms with E-state index in [9.17, 15) is 14.7 Å². The summed E-state index contributed by atoms with van der Waals surface area (Å²) in [6, 6.07) is 17.0. The third kappa shape index (κ3) is 4.37. The van der Waals surface area contributed by atoms with Gasteiger partial charge in [0.25, 0.3) is 11.7 Å². The molecule has 34 heavy (non-hydrogen) atoms. The van der Waals surface area contributed by atoms with Crippen LogP contribution in [0.4, 0.5) is 11.4 Å². The van der Waals surface area contributed by atoms with Crippen molar-refractivity contribution in [3.63, 3.8) is 0 Å². The molecule has 7 heteroatoms. The molecule has 1 amide bonds. The van der Waals surface area contributed by atoms with Crippen LogP contribution in [0.5, 0.6) is 5.75 Å². The normalized spacial score (nSPS) is 17.3. The number of aliphatic hydroxyl groups is 1. The summed E-state index contributed by atoms with van der Waals surface area (Å²) >= 11 is 0. The largest absolute Gasteiger partial charge is 0.507 e. The minimum atomic E-state index is -0.791. The molecule has 0 aliphatic carbocycles. The number of carbonyl (C=O) groups is 2. The Kier molecular flexibility index (Phi) is 6.36. The summed E-state index contributed by atoms with van der Waals surface area (Å²) in [5.74, 6) is -1.00. The second-order valence-corrected chi connectivity index (χ2v) is 8.55. The first-order chi connectivity index (χ1) is 16.3. The van der Waals surface area contributed by atoms with Gasteiger partial charge in [0, 0.05) is 43.4 Å². The molecular weight excluding hydrogens is 430 g/mol. The van der Waals surface area contributed by atoms with Crippen LogP contribution in [-0.2, 0) is 9.59 Å². The maximum Gasteiger partial charge on any atom is 0.300 e. The van der Waals surface area contributed by atoms with Crippen LogP contribution in [-0.4, -0.2) is 42.0 Å². The first-order valence-corrected chi connectivity index (χ1v) is 11.0. The van der Waals surface area contributed by atoms with E-state index in [2.05, 4.69) is 4.98 Å². The van der Waals surface area contributed by atoms with Crippen molar-refractivity contribution in [1.82, 2.24) is 4.98 Å². The molecule has 3 aromatic rings. The van der Waals surface area contributed by atoms with Crippen molar-refractivity contribution in [1.29, 1.82) is 0 Å². The van der Waals surface area contributed by atoms with Crippen LogP contribution in [0.3, 0.4) is 0 Å². The number of Topliss-reactive ketones (excluding diaryl/α,β-unsaturated/α-hetero) is 1. The number of ether oxygens (including phenoxy) is 1. The minimum absolute atomic E-state index is 0.00986. The van der Waals surface area contributed by atoms with Crippen molar-refractivity contribution < 1.29 is 19.4 Å². The molecule has 1 fully saturated rings. The molecule has 0 spiro atoms. The first-order valence-electron chi connectivity index (χ1n) is 11.0. The van der Waals surface area contributed by atoms with E-state index in [1.54, 1.807) is 36.4 Å². The standard InChI is InChI=1S/C27H27N3O4/c1-17(2)34-22-11-9-21(10-12-22)30-24(18-5-7-20(8-6-18)29(3)4)23(26(32)27(30)33)25(31)19-13-15-28-16-14-19/h5-17,24,31H,1-4H3/b25-23-. The maximum atomic E-state index is 13.3. The number of anilines is 2. The van der Waals surface area contributed by atoms with E-state index in [1.165, 1.54) is 17.3 Å². The van der Waals surface area contributed by atoms with Crippen LogP contribution in [0, 0.1) is 0 Å². The van der Waals surface area contributed by atoms with Crippen LogP contribution in [0.1, 0.15) is 31.0 Å². The Morgan fingerprint density at radius 1 is 0.971 bits per heavy atom. The fraction of sp³-hybridized carbons (Fsp3) is 0.222. The maximum absolute atomic E-state index is 13.3. The molecule has 2 heterocycles. The molecular formula is C27H27N3O4. The van der Waals surface area contributed by atoms with Crippen molar-refractivity contribution in [3.8, 4) is 5.75 Å². The van der Waals surface area contributed by atoms with Gasteiger partial charge < -0.3 is 14.7 Å². The lowest BCUT2D eigenvalue weighted by Gasteiger charge is -2.26. The van der Waals surface area contributed by atoms with Crippen molar-refractivity contribution >= 4 is 28.8 Å². The predicted octanol–water partition coefficient (Wildman–Crippen LogP) is 4.56. The Morgan fingerprint density at radius 2 is 1.59 bits per heavy atom. The number of carbonyl (C=O) groups excluding carboxylic acids is 2. The van der Waals surface area contributed by atoms with Crippen LogP contribution in [0.15, 0.2) is 78.6 Å². The van der Waals surface area contributed by atoms with Gasteiger partial charge in [-0.3, -0.25) is 19.5 Å². The molecule has 0 radical (unpaired) electrons. The van der Waals surface area contributed by atoms with Crippen molar-refractivity contribution in [2.24, 2.45) is 0 Å². The summed E-state index contributed by atoms with van der Waals surface area (Å²) in [7, 11) is 3.87. The summed E-state index contributed by atoms with van der Waals surface area (Å²) in [5.41, 5.74) is 2.68. The molecule has 1 unspecified atom stereocenters. The van der Waals surface area contributed by atoms with Gasteiger partial charge in [0.15, 0.2) is 0 Å². The van der Waals surface area contributed by atoms with Gasteiger partial charge >= 0.3 is 0 Å². The molecule has 2 aromatic carbocycles. The number of nitrogens with zero attached hydrogens (tertiary/aromatic N) is 3. The van der Waals surface area contributed by atoms with E-state index in [0.29, 0.717) is 22.6 Å². The fourth-order valence-corrected chi connectivity index (χ4v) is 3.99. The van der Waals surface area contributed by atoms with Crippen LogP contribution < -0.4 is 14.5 Å². The van der Waals surface area contributed by atoms with Gasteiger partial charge in [0.2, 0.25) is 0 Å². The number of aromatic nitrogens is 1. The van der Waals surface area contributed by atoms with Crippen molar-refractivity contribution in [2.75, 3.05) is 23.9 Å². The second-order valence-electron chi connectivity index (χ2n) is 8.55. The highest BCUT2D eigenvalue weighted by Gasteiger charge is 2.47. The lowest BCUT2D eigenvalue weighted by Crippen LogP contribution is -2.29. The Bertz CT molecular complexity index is 1220. The summed E-state index contributed by atoms with van der Waals surface area (Å²) in [6.45, 7) is 3.87. The molecule has 1 atom stereocenters. The van der Waals surface area contributed by atoms with E-state index in [-0.39, 0.29) is 17.4 Å². The Labute approximate surface area is 198 Å². The monoisotopic (exact) mass is 457 g/mol. The van der Waals surface area contributed by atoms with Gasteiger partial charge in [0.05, 0.1) is 17.7 Å². The topological polar surface area (TPSA) is 83.0 Å². The molecule has 0 saturated carbocycles. The molecule has 7 nitrogen and oxygen atoms in total. The van der Waals surface area contributed by atoms with Crippen LogP contribution in [0.2, 0.25) is 0 Å². The van der Waals surface area contributed by atoms with Gasteiger partial charge in [0.1, 0.15) is 11.5 Å². The molecule has 1 N–H and O–H groups in total. The van der Waals surface area contributed by atoms with E-state index < -0.39 is 17.7 Å². The number of hydrogen-bond donors (Lipinski definition) is 1. The molecule has 1 aliphatic heterocycles. The molecule has 4 rings (SSSR count). The number of aliphatic hydroxyl groups excluding tert-OH is 1. The highest BCUT2D eigenvalue weighted by atomic mass is 16.5. The zero-order valence-corrected chi connectivity index (χ0v) is 19.6. The van der Waals surface area contributed by atoms with E-state index in [4.69, 9.17) is 4.74 Å². The number of ketones is 1. The third-order valence-corrected chi connectivity index (χ3v) is 5.61. The highest BCUT2D eigenvalue weighted by molar-refractivity contribution is 6.51. The fourth-order valence-electron chi connectivity index (χ4n) is 3.99. The van der Waals surface area contributed by atoms with Gasteiger partial charge in [-0.2, -0.15) is 0 Å². The summed E-state index contributed by atoms with van der Waals surface area (Å²) in [4.78, 5) is 33.8. The zero-order chi connectivity index (χ0) is 24.4. The molecule has 1 aliphatic rings. The predicted molar refractivity (Wildman–Crippen MR) is 132 cm³/mol. The van der Waals surface area contributed by atoms with Gasteiger partial charge in [-0.15, -0.1) is 0 Å². The number of hydrogen-bond acceptors (Lipinski definition) is 6. The Morgan fingerprint density at radius 3 is 2.15 bits per heavy atom. The number of benzene rings is 2. The third-order valence-electron chi connectivity index (χ3n) is 5.61. The molecule has 0 bridgehead atoms. The lowest BCUT2D eigenvalue weighted by atomic mass is 9.95. The number of pyridine rings is 1. The lowest BCUT2D eigenvalue weighted by molar-refractivity contribution is -0.132. The van der Waals surface area contributed by atoms with E-state index in [1.807, 2.05) is 57.1 Å². The average Bonchev–Trinajstić information content (AvgIpc) is 3.10. The van der Waals surface area contributed by atoms with Crippen molar-refractivity contribution in [2.45, 2.75) is 26.0 Å². The number of rotatable bonds is 6. The Balaban J connectivity index is 1.86. The zero-order valence-electron chi connectivity index (χ0n) is 19.6. The number of amides is 1. The molecule has 1 saturated heterocycles. The average molecular weight is 458 g/mol. The van der Waals surface area contributed by atoms with Crippen LogP contribution in [0.25, 0.3) is 5.76 Å². The highest BCUT2D eigenvalue weighted by Crippen LogP contribution is 2.42. The smallest absolute Gasteiger partial charge is 0.300 e. The quantitative estimate of drug-likeness (QED) is 0.332. The van der Waals surface area contributed by atoms with Gasteiger partial charge in [-0.05, 0) is 67.9 Å². The molecule has 1 aromatic heterocycles. The van der Waals surface area contributed by atoms with Gasteiger partial charge in [-0.25, -0.2) is 0 Å².